The van der Waals surface area contributed by atoms with Gasteiger partial charge >= 0.3 is 0 Å². The summed E-state index contributed by atoms with van der Waals surface area (Å²) in [7, 11) is 0. The van der Waals surface area contributed by atoms with Crippen LogP contribution in [0.1, 0.15) is 12.8 Å². The van der Waals surface area contributed by atoms with Crippen LogP contribution in [0.3, 0.4) is 0 Å². The molecule has 0 aliphatic heterocycles. The predicted molar refractivity (Wildman–Crippen MR) is 38.7 cm³/mol. The SMILES string of the molecule is S=C1[CH]C(=S)CC1. The normalized spacial score (nSPS) is 21.1. The molecule has 0 aromatic carbocycles. The summed E-state index contributed by atoms with van der Waals surface area (Å²) in [6.45, 7) is 0. The van der Waals surface area contributed by atoms with Crippen LogP contribution in [-0.2, 0) is 0 Å². The van der Waals surface area contributed by atoms with Crippen LogP contribution in [0.5, 0.6) is 0 Å². The van der Waals surface area contributed by atoms with Gasteiger partial charge in [-0.1, -0.05) is 24.4 Å². The molecule has 0 aromatic rings. The predicted octanol–water partition coefficient (Wildman–Crippen LogP) is 1.72. The average molecular weight is 129 g/mol. The van der Waals surface area contributed by atoms with Crippen LogP contribution in [0, 0.1) is 6.42 Å². The third kappa shape index (κ3) is 1.28. The van der Waals surface area contributed by atoms with E-state index in [1.807, 2.05) is 6.42 Å². The minimum absolute atomic E-state index is 1.01. The van der Waals surface area contributed by atoms with Crippen LogP contribution in [-0.4, -0.2) is 9.73 Å². The molecule has 0 N–H and O–H groups in total. The van der Waals surface area contributed by atoms with Crippen LogP contribution < -0.4 is 0 Å². The highest BCUT2D eigenvalue weighted by atomic mass is 32.1. The smallest absolute Gasteiger partial charge is 0.0336 e. The van der Waals surface area contributed by atoms with Crippen molar-refractivity contribution in [2.75, 3.05) is 0 Å². The van der Waals surface area contributed by atoms with Gasteiger partial charge in [0.05, 0.1) is 0 Å². The average Bonchev–Trinajstić information content (AvgIpc) is 1.87. The lowest BCUT2D eigenvalue weighted by Gasteiger charge is -1.77. The second kappa shape index (κ2) is 1.97. The van der Waals surface area contributed by atoms with Crippen molar-refractivity contribution in [1.82, 2.24) is 0 Å². The molecule has 1 fully saturated rings. The molecule has 0 atom stereocenters. The number of hydrogen-bond acceptors (Lipinski definition) is 2. The fraction of sp³-hybridized carbons (Fsp3) is 0.400. The Balaban J connectivity index is 2.55. The van der Waals surface area contributed by atoms with E-state index in [1.165, 1.54) is 0 Å². The van der Waals surface area contributed by atoms with Gasteiger partial charge in [0.25, 0.3) is 0 Å². The van der Waals surface area contributed by atoms with Gasteiger partial charge in [-0.05, 0) is 12.8 Å². The molecule has 0 amide bonds. The lowest BCUT2D eigenvalue weighted by atomic mass is 10.4. The zero-order chi connectivity index (χ0) is 5.28. The largest absolute Gasteiger partial charge is 0.0889 e. The van der Waals surface area contributed by atoms with Crippen molar-refractivity contribution in [3.8, 4) is 0 Å². The summed E-state index contributed by atoms with van der Waals surface area (Å²) in [6.07, 6.45) is 3.92. The highest BCUT2D eigenvalue weighted by Gasteiger charge is 2.10. The number of thiocarbonyl (C=S) groups is 2. The molecule has 1 aliphatic carbocycles. The molecule has 0 nitrogen and oxygen atoms in total. The Morgan fingerprint density at radius 1 is 1.14 bits per heavy atom. The zero-order valence-electron chi connectivity index (χ0n) is 3.81. The summed E-state index contributed by atoms with van der Waals surface area (Å²) in [5.74, 6) is 0. The maximum absolute atomic E-state index is 4.85. The first-order chi connectivity index (χ1) is 3.29. The summed E-state index contributed by atoms with van der Waals surface area (Å²) in [4.78, 5) is 2.04. The topological polar surface area (TPSA) is 0 Å². The summed E-state index contributed by atoms with van der Waals surface area (Å²) < 4.78 is 0. The summed E-state index contributed by atoms with van der Waals surface area (Å²) in [6, 6.07) is 0. The highest BCUT2D eigenvalue weighted by Crippen LogP contribution is 2.10. The van der Waals surface area contributed by atoms with E-state index in [9.17, 15) is 0 Å². The minimum Gasteiger partial charge on any atom is -0.0889 e. The van der Waals surface area contributed by atoms with E-state index < -0.39 is 0 Å². The van der Waals surface area contributed by atoms with Gasteiger partial charge in [0.1, 0.15) is 0 Å². The molecule has 0 unspecified atom stereocenters. The van der Waals surface area contributed by atoms with E-state index in [-0.39, 0.29) is 0 Å². The van der Waals surface area contributed by atoms with Gasteiger partial charge in [-0.2, -0.15) is 0 Å². The second-order valence-electron chi connectivity index (χ2n) is 1.58. The fourth-order valence-electron chi connectivity index (χ4n) is 0.570. The van der Waals surface area contributed by atoms with Crippen LogP contribution >= 0.6 is 24.4 Å². The molecule has 0 aromatic heterocycles. The Labute approximate surface area is 53.9 Å². The van der Waals surface area contributed by atoms with E-state index >= 15 is 0 Å². The first-order valence-corrected chi connectivity index (χ1v) is 3.01. The summed E-state index contributed by atoms with van der Waals surface area (Å²) >= 11 is 9.71. The standard InChI is InChI=1S/C5H5S2/c6-4-1-2-5(7)3-4/h3H,1-2H2. The molecular formula is C5H5S2. The Hall–Kier alpha value is 0.180. The molecule has 7 heavy (non-hydrogen) atoms. The maximum atomic E-state index is 4.85. The lowest BCUT2D eigenvalue weighted by molar-refractivity contribution is 1.23. The van der Waals surface area contributed by atoms with Gasteiger partial charge < -0.3 is 0 Å². The first kappa shape index (κ1) is 5.32. The Bertz CT molecular complexity index is 101. The first-order valence-electron chi connectivity index (χ1n) is 2.19. The van der Waals surface area contributed by atoms with Gasteiger partial charge in [-0.3, -0.25) is 0 Å². The quantitative estimate of drug-likeness (QED) is 0.457. The lowest BCUT2D eigenvalue weighted by Crippen LogP contribution is -1.85. The van der Waals surface area contributed by atoms with E-state index in [0.29, 0.717) is 0 Å². The van der Waals surface area contributed by atoms with Crippen molar-refractivity contribution in [2.24, 2.45) is 0 Å². The van der Waals surface area contributed by atoms with Gasteiger partial charge in [0.15, 0.2) is 0 Å². The van der Waals surface area contributed by atoms with Gasteiger partial charge in [-0.15, -0.1) is 0 Å². The summed E-state index contributed by atoms with van der Waals surface area (Å²) in [5, 5.41) is 0. The molecule has 37 valence electrons. The molecule has 1 aliphatic rings. The van der Waals surface area contributed by atoms with Gasteiger partial charge in [0.2, 0.25) is 0 Å². The van der Waals surface area contributed by atoms with Crippen LogP contribution in [0.25, 0.3) is 0 Å². The van der Waals surface area contributed by atoms with Crippen molar-refractivity contribution in [1.29, 1.82) is 0 Å². The molecule has 1 rings (SSSR count). The highest BCUT2D eigenvalue weighted by molar-refractivity contribution is 7.83. The van der Waals surface area contributed by atoms with Gasteiger partial charge in [0, 0.05) is 16.1 Å². The number of rotatable bonds is 0. The van der Waals surface area contributed by atoms with E-state index in [4.69, 9.17) is 24.4 Å². The molecular weight excluding hydrogens is 124 g/mol. The minimum atomic E-state index is 1.01. The molecule has 2 heteroatoms. The molecule has 0 bridgehead atoms. The molecule has 1 radical (unpaired) electrons. The van der Waals surface area contributed by atoms with Crippen molar-refractivity contribution in [3.63, 3.8) is 0 Å². The van der Waals surface area contributed by atoms with E-state index in [1.54, 1.807) is 0 Å². The van der Waals surface area contributed by atoms with Crippen molar-refractivity contribution in [3.05, 3.63) is 6.42 Å². The Morgan fingerprint density at radius 3 is 1.71 bits per heavy atom. The molecule has 0 spiro atoms. The monoisotopic (exact) mass is 129 g/mol. The maximum Gasteiger partial charge on any atom is 0.0336 e. The van der Waals surface area contributed by atoms with E-state index in [2.05, 4.69) is 0 Å². The van der Waals surface area contributed by atoms with Crippen LogP contribution in [0.15, 0.2) is 0 Å². The van der Waals surface area contributed by atoms with Crippen LogP contribution in [0.4, 0.5) is 0 Å². The van der Waals surface area contributed by atoms with Gasteiger partial charge in [-0.25, -0.2) is 0 Å². The second-order valence-corrected chi connectivity index (χ2v) is 2.63. The van der Waals surface area contributed by atoms with Crippen molar-refractivity contribution in [2.45, 2.75) is 12.8 Å². The zero-order valence-corrected chi connectivity index (χ0v) is 5.44. The Morgan fingerprint density at radius 2 is 1.57 bits per heavy atom. The number of hydrogen-bond donors (Lipinski definition) is 0. The van der Waals surface area contributed by atoms with E-state index in [0.717, 1.165) is 22.6 Å². The third-order valence-corrected chi connectivity index (χ3v) is 1.58. The third-order valence-electron chi connectivity index (χ3n) is 0.940. The van der Waals surface area contributed by atoms with Crippen molar-refractivity contribution < 1.29 is 0 Å². The molecule has 1 saturated carbocycles. The molecule has 0 saturated heterocycles. The van der Waals surface area contributed by atoms with Crippen molar-refractivity contribution >= 4 is 34.2 Å². The van der Waals surface area contributed by atoms with Crippen LogP contribution in [0.2, 0.25) is 0 Å². The fourth-order valence-corrected chi connectivity index (χ4v) is 1.13. The Kier molecular flexibility index (Phi) is 1.50. The summed E-state index contributed by atoms with van der Waals surface area (Å²) in [5.41, 5.74) is 0. The molecule has 0 heterocycles.